The standard InChI is InChI=1S/C24H19ClN2O4/c25-14-9-10-17(21(13-14)27(30)31)16-11-12-20-22-18(16)7-4-8-19(22)23(28)26(24(20)29)15-5-2-1-3-6-15/h4,7-13,15H,1-3,5-6H2. The third kappa shape index (κ3) is 3.10. The van der Waals surface area contributed by atoms with Crippen molar-refractivity contribution >= 4 is 39.9 Å². The quantitative estimate of drug-likeness (QED) is 0.288. The molecule has 0 bridgehead atoms. The van der Waals surface area contributed by atoms with Gasteiger partial charge in [-0.05, 0) is 48.1 Å². The van der Waals surface area contributed by atoms with Crippen molar-refractivity contribution in [1.29, 1.82) is 0 Å². The summed E-state index contributed by atoms with van der Waals surface area (Å²) in [7, 11) is 0. The maximum atomic E-state index is 13.4. The van der Waals surface area contributed by atoms with E-state index < -0.39 is 4.92 Å². The minimum atomic E-state index is -0.474. The van der Waals surface area contributed by atoms with Gasteiger partial charge in [0, 0.05) is 33.6 Å². The van der Waals surface area contributed by atoms with E-state index in [0.29, 0.717) is 33.0 Å². The number of hydrogen-bond donors (Lipinski definition) is 0. The minimum Gasteiger partial charge on any atom is -0.271 e. The van der Waals surface area contributed by atoms with E-state index in [0.717, 1.165) is 32.1 Å². The highest BCUT2D eigenvalue weighted by molar-refractivity contribution is 6.31. The summed E-state index contributed by atoms with van der Waals surface area (Å²) in [6.07, 6.45) is 4.81. The molecule has 0 aromatic heterocycles. The topological polar surface area (TPSA) is 80.5 Å². The number of nitrogens with zero attached hydrogens (tertiary/aromatic N) is 2. The first-order chi connectivity index (χ1) is 15.0. The van der Waals surface area contributed by atoms with Gasteiger partial charge in [-0.3, -0.25) is 24.6 Å². The van der Waals surface area contributed by atoms with Gasteiger partial charge in [-0.1, -0.05) is 49.1 Å². The van der Waals surface area contributed by atoms with Gasteiger partial charge in [0.05, 0.1) is 10.5 Å². The first-order valence-electron chi connectivity index (χ1n) is 10.4. The van der Waals surface area contributed by atoms with Crippen LogP contribution in [0.4, 0.5) is 5.69 Å². The average Bonchev–Trinajstić information content (AvgIpc) is 2.78. The molecule has 0 radical (unpaired) electrons. The first-order valence-corrected chi connectivity index (χ1v) is 10.7. The SMILES string of the molecule is O=C1c2cccc3c(-c4ccc(Cl)cc4[N+](=O)[O-])ccc(c23)C(=O)N1C1CCCCC1. The largest absolute Gasteiger partial charge is 0.278 e. The summed E-state index contributed by atoms with van der Waals surface area (Å²) in [5, 5.41) is 13.1. The van der Waals surface area contributed by atoms with E-state index in [2.05, 4.69) is 0 Å². The molecule has 6 nitrogen and oxygen atoms in total. The summed E-state index contributed by atoms with van der Waals surface area (Å²) < 4.78 is 0. The number of benzene rings is 3. The minimum absolute atomic E-state index is 0.0748. The van der Waals surface area contributed by atoms with Crippen LogP contribution >= 0.6 is 11.6 Å². The van der Waals surface area contributed by atoms with Gasteiger partial charge < -0.3 is 0 Å². The maximum absolute atomic E-state index is 13.4. The van der Waals surface area contributed by atoms with Crippen LogP contribution in [0.3, 0.4) is 0 Å². The molecule has 0 unspecified atom stereocenters. The summed E-state index contributed by atoms with van der Waals surface area (Å²) in [4.78, 5) is 39.3. The Hall–Kier alpha value is -3.25. The predicted octanol–water partition coefficient (Wildman–Crippen LogP) is 6.00. The van der Waals surface area contributed by atoms with Crippen molar-refractivity contribution in [3.63, 3.8) is 0 Å². The van der Waals surface area contributed by atoms with Crippen LogP contribution in [0.1, 0.15) is 52.8 Å². The number of hydrogen-bond acceptors (Lipinski definition) is 4. The Kier molecular flexibility index (Phi) is 4.74. The Labute approximate surface area is 183 Å². The van der Waals surface area contributed by atoms with Gasteiger partial charge in [-0.15, -0.1) is 0 Å². The summed E-state index contributed by atoms with van der Waals surface area (Å²) in [5.41, 5.74) is 1.81. The lowest BCUT2D eigenvalue weighted by atomic mass is 9.86. The highest BCUT2D eigenvalue weighted by Crippen LogP contribution is 2.41. The van der Waals surface area contributed by atoms with E-state index >= 15 is 0 Å². The van der Waals surface area contributed by atoms with E-state index in [1.807, 2.05) is 0 Å². The number of halogens is 1. The van der Waals surface area contributed by atoms with Crippen molar-refractivity contribution in [3.8, 4) is 11.1 Å². The molecule has 31 heavy (non-hydrogen) atoms. The molecule has 3 aromatic carbocycles. The molecule has 1 aliphatic heterocycles. The van der Waals surface area contributed by atoms with E-state index in [4.69, 9.17) is 11.6 Å². The summed E-state index contributed by atoms with van der Waals surface area (Å²) in [6, 6.07) is 13.1. The van der Waals surface area contributed by atoms with Gasteiger partial charge in [-0.25, -0.2) is 0 Å². The predicted molar refractivity (Wildman–Crippen MR) is 118 cm³/mol. The van der Waals surface area contributed by atoms with Gasteiger partial charge >= 0.3 is 0 Å². The molecule has 3 aromatic rings. The zero-order chi connectivity index (χ0) is 21.7. The van der Waals surface area contributed by atoms with E-state index in [1.165, 1.54) is 11.0 Å². The number of nitro benzene ring substituents is 1. The Bertz CT molecular complexity index is 1240. The van der Waals surface area contributed by atoms with Crippen LogP contribution in [0.15, 0.2) is 48.5 Å². The van der Waals surface area contributed by atoms with Crippen LogP contribution in [-0.4, -0.2) is 27.7 Å². The van der Waals surface area contributed by atoms with Gasteiger partial charge in [0.25, 0.3) is 17.5 Å². The second-order valence-corrected chi connectivity index (χ2v) is 8.52. The molecule has 5 rings (SSSR count). The third-order valence-electron chi connectivity index (χ3n) is 6.33. The van der Waals surface area contributed by atoms with Crippen molar-refractivity contribution in [1.82, 2.24) is 4.90 Å². The van der Waals surface area contributed by atoms with Crippen molar-refractivity contribution < 1.29 is 14.5 Å². The number of amides is 2. The molecular weight excluding hydrogens is 416 g/mol. The molecule has 2 aliphatic rings. The summed E-state index contributed by atoms with van der Waals surface area (Å²) >= 11 is 5.98. The van der Waals surface area contributed by atoms with E-state index in [9.17, 15) is 19.7 Å². The lowest BCUT2D eigenvalue weighted by molar-refractivity contribution is -0.384. The highest BCUT2D eigenvalue weighted by Gasteiger charge is 2.38. The second-order valence-electron chi connectivity index (χ2n) is 8.08. The van der Waals surface area contributed by atoms with Crippen LogP contribution in [0.25, 0.3) is 21.9 Å². The van der Waals surface area contributed by atoms with Crippen LogP contribution in [0.5, 0.6) is 0 Å². The fraction of sp³-hybridized carbons (Fsp3) is 0.250. The average molecular weight is 435 g/mol. The van der Waals surface area contributed by atoms with Crippen LogP contribution in [0, 0.1) is 10.1 Å². The highest BCUT2D eigenvalue weighted by atomic mass is 35.5. The van der Waals surface area contributed by atoms with Crippen molar-refractivity contribution in [2.24, 2.45) is 0 Å². The number of rotatable bonds is 3. The molecule has 0 saturated heterocycles. The molecular formula is C24H19ClN2O4. The van der Waals surface area contributed by atoms with E-state index in [-0.39, 0.29) is 28.6 Å². The molecule has 0 N–H and O–H groups in total. The lowest BCUT2D eigenvalue weighted by Gasteiger charge is -2.36. The normalized spacial score (nSPS) is 16.7. The first kappa shape index (κ1) is 19.7. The second kappa shape index (κ2) is 7.46. The van der Waals surface area contributed by atoms with Gasteiger partial charge in [0.15, 0.2) is 0 Å². The van der Waals surface area contributed by atoms with Gasteiger partial charge in [0.2, 0.25) is 0 Å². The summed E-state index contributed by atoms with van der Waals surface area (Å²) in [6.45, 7) is 0. The van der Waals surface area contributed by atoms with E-state index in [1.54, 1.807) is 42.5 Å². The summed E-state index contributed by atoms with van der Waals surface area (Å²) in [5.74, 6) is -0.560. The fourth-order valence-electron chi connectivity index (χ4n) is 4.90. The fourth-order valence-corrected chi connectivity index (χ4v) is 5.07. The molecule has 0 spiro atoms. The Morgan fingerprint density at radius 2 is 1.52 bits per heavy atom. The number of nitro groups is 1. The number of imide groups is 1. The number of carbonyl (C=O) groups is 2. The Morgan fingerprint density at radius 1 is 0.871 bits per heavy atom. The number of carbonyl (C=O) groups excluding carboxylic acids is 2. The van der Waals surface area contributed by atoms with Crippen molar-refractivity contribution in [2.75, 3.05) is 0 Å². The molecule has 7 heteroatoms. The van der Waals surface area contributed by atoms with Crippen LogP contribution in [0.2, 0.25) is 5.02 Å². The molecule has 2 amide bonds. The Morgan fingerprint density at radius 3 is 2.23 bits per heavy atom. The molecule has 1 aliphatic carbocycles. The van der Waals surface area contributed by atoms with Crippen molar-refractivity contribution in [2.45, 2.75) is 38.1 Å². The Balaban J connectivity index is 1.72. The zero-order valence-electron chi connectivity index (χ0n) is 16.6. The molecule has 156 valence electrons. The monoisotopic (exact) mass is 434 g/mol. The molecule has 1 heterocycles. The van der Waals surface area contributed by atoms with Crippen LogP contribution < -0.4 is 0 Å². The molecule has 0 atom stereocenters. The maximum Gasteiger partial charge on any atom is 0.278 e. The zero-order valence-corrected chi connectivity index (χ0v) is 17.4. The third-order valence-corrected chi connectivity index (χ3v) is 6.56. The molecule has 1 saturated carbocycles. The molecule has 1 fully saturated rings. The van der Waals surface area contributed by atoms with Crippen LogP contribution in [-0.2, 0) is 0 Å². The van der Waals surface area contributed by atoms with Crippen molar-refractivity contribution in [3.05, 3.63) is 74.8 Å². The smallest absolute Gasteiger partial charge is 0.271 e. The van der Waals surface area contributed by atoms with Gasteiger partial charge in [0.1, 0.15) is 0 Å². The van der Waals surface area contributed by atoms with Gasteiger partial charge in [-0.2, -0.15) is 0 Å². The lowest BCUT2D eigenvalue weighted by Crippen LogP contribution is -2.47.